The van der Waals surface area contributed by atoms with Gasteiger partial charge in [-0.2, -0.15) is 0 Å². The lowest BCUT2D eigenvalue weighted by Gasteiger charge is -2.35. The normalized spacial score (nSPS) is 20.3. The first-order valence-corrected chi connectivity index (χ1v) is 7.46. The van der Waals surface area contributed by atoms with Crippen LogP contribution in [0.1, 0.15) is 46.1 Å². The number of likely N-dealkylation sites (N-methyl/N-ethyl adjacent to an activating group) is 1. The quantitative estimate of drug-likeness (QED) is 0.906. The summed E-state index contributed by atoms with van der Waals surface area (Å²) in [5.74, 6) is 1.12. The van der Waals surface area contributed by atoms with Gasteiger partial charge in [-0.05, 0) is 43.4 Å². The highest BCUT2D eigenvalue weighted by molar-refractivity contribution is 5.41. The van der Waals surface area contributed by atoms with Crippen LogP contribution in [0.25, 0.3) is 0 Å². The van der Waals surface area contributed by atoms with Gasteiger partial charge in [0.2, 0.25) is 0 Å². The molecule has 1 atom stereocenters. The second-order valence-corrected chi connectivity index (χ2v) is 6.44. The first kappa shape index (κ1) is 14.3. The predicted octanol–water partition coefficient (Wildman–Crippen LogP) is 2.96. The number of pyridine rings is 1. The number of rotatable bonds is 3. The number of hydrogen-bond acceptors (Lipinski definition) is 3. The summed E-state index contributed by atoms with van der Waals surface area (Å²) < 4.78 is 0. The first-order chi connectivity index (χ1) is 9.02. The van der Waals surface area contributed by atoms with Gasteiger partial charge in [0.25, 0.3) is 0 Å². The van der Waals surface area contributed by atoms with E-state index in [-0.39, 0.29) is 5.41 Å². The van der Waals surface area contributed by atoms with Gasteiger partial charge in [-0.25, -0.2) is 4.98 Å². The Morgan fingerprint density at radius 3 is 2.63 bits per heavy atom. The second kappa shape index (κ2) is 5.91. The van der Waals surface area contributed by atoms with E-state index < -0.39 is 0 Å². The average molecular weight is 261 g/mol. The maximum absolute atomic E-state index is 4.69. The minimum atomic E-state index is 0.176. The van der Waals surface area contributed by atoms with Crippen LogP contribution < -0.4 is 10.2 Å². The van der Waals surface area contributed by atoms with Crippen molar-refractivity contribution in [1.82, 2.24) is 10.3 Å². The van der Waals surface area contributed by atoms with Crippen molar-refractivity contribution in [2.24, 2.45) is 0 Å². The summed E-state index contributed by atoms with van der Waals surface area (Å²) in [6, 6.07) is 4.99. The van der Waals surface area contributed by atoms with Crippen LogP contribution in [0.4, 0.5) is 5.82 Å². The molecule has 19 heavy (non-hydrogen) atoms. The molecule has 1 fully saturated rings. The monoisotopic (exact) mass is 261 g/mol. The Balaban J connectivity index is 2.14. The standard InChI is InChI=1S/C16H27N3/c1-5-19(14-7-6-10-17-12-14)15-9-8-13(11-18-15)16(2,3)4/h8-9,11,14,17H,5-7,10,12H2,1-4H3. The molecule has 1 N–H and O–H groups in total. The van der Waals surface area contributed by atoms with Crippen molar-refractivity contribution in [3.63, 3.8) is 0 Å². The van der Waals surface area contributed by atoms with Crippen LogP contribution in [0.3, 0.4) is 0 Å². The molecule has 1 unspecified atom stereocenters. The van der Waals surface area contributed by atoms with Gasteiger partial charge in [0.05, 0.1) is 0 Å². The van der Waals surface area contributed by atoms with E-state index in [0.29, 0.717) is 6.04 Å². The highest BCUT2D eigenvalue weighted by Gasteiger charge is 2.21. The minimum absolute atomic E-state index is 0.176. The maximum atomic E-state index is 4.69. The Kier molecular flexibility index (Phi) is 4.46. The van der Waals surface area contributed by atoms with Gasteiger partial charge in [-0.3, -0.25) is 0 Å². The molecule has 2 rings (SSSR count). The summed E-state index contributed by atoms with van der Waals surface area (Å²) in [5, 5.41) is 3.49. The number of aromatic nitrogens is 1. The molecular weight excluding hydrogens is 234 g/mol. The Morgan fingerprint density at radius 2 is 2.16 bits per heavy atom. The summed E-state index contributed by atoms with van der Waals surface area (Å²) in [7, 11) is 0. The van der Waals surface area contributed by atoms with Crippen molar-refractivity contribution < 1.29 is 0 Å². The van der Waals surface area contributed by atoms with Gasteiger partial charge in [0, 0.05) is 25.3 Å². The molecular formula is C16H27N3. The summed E-state index contributed by atoms with van der Waals surface area (Å²) in [6.07, 6.45) is 4.57. The van der Waals surface area contributed by atoms with Crippen molar-refractivity contribution >= 4 is 5.82 Å². The van der Waals surface area contributed by atoms with Crippen molar-refractivity contribution in [3.8, 4) is 0 Å². The summed E-state index contributed by atoms with van der Waals surface area (Å²) >= 11 is 0. The molecule has 0 aromatic carbocycles. The van der Waals surface area contributed by atoms with Gasteiger partial charge in [0.1, 0.15) is 5.82 Å². The molecule has 3 nitrogen and oxygen atoms in total. The minimum Gasteiger partial charge on any atom is -0.353 e. The topological polar surface area (TPSA) is 28.2 Å². The molecule has 3 heteroatoms. The van der Waals surface area contributed by atoms with Crippen LogP contribution in [-0.4, -0.2) is 30.7 Å². The summed E-state index contributed by atoms with van der Waals surface area (Å²) in [4.78, 5) is 7.12. The van der Waals surface area contributed by atoms with Gasteiger partial charge < -0.3 is 10.2 Å². The summed E-state index contributed by atoms with van der Waals surface area (Å²) in [6.45, 7) is 12.2. The van der Waals surface area contributed by atoms with Gasteiger partial charge >= 0.3 is 0 Å². The van der Waals surface area contributed by atoms with Crippen LogP contribution in [0.2, 0.25) is 0 Å². The van der Waals surface area contributed by atoms with Crippen molar-refractivity contribution in [2.75, 3.05) is 24.5 Å². The van der Waals surface area contributed by atoms with Crippen LogP contribution >= 0.6 is 0 Å². The molecule has 0 saturated carbocycles. The van der Waals surface area contributed by atoms with E-state index in [1.807, 2.05) is 6.20 Å². The van der Waals surface area contributed by atoms with E-state index in [9.17, 15) is 0 Å². The molecule has 106 valence electrons. The third-order valence-corrected chi connectivity index (χ3v) is 3.96. The van der Waals surface area contributed by atoms with Crippen LogP contribution in [0.15, 0.2) is 18.3 Å². The zero-order chi connectivity index (χ0) is 13.9. The van der Waals surface area contributed by atoms with E-state index in [4.69, 9.17) is 0 Å². The lowest BCUT2D eigenvalue weighted by atomic mass is 9.88. The molecule has 1 aromatic heterocycles. The molecule has 0 amide bonds. The third kappa shape index (κ3) is 3.47. The van der Waals surface area contributed by atoms with Crippen LogP contribution in [0, 0.1) is 0 Å². The number of anilines is 1. The van der Waals surface area contributed by atoms with Crippen molar-refractivity contribution in [3.05, 3.63) is 23.9 Å². The summed E-state index contributed by atoms with van der Waals surface area (Å²) in [5.41, 5.74) is 1.48. The fourth-order valence-electron chi connectivity index (χ4n) is 2.71. The van der Waals surface area contributed by atoms with E-state index in [2.05, 4.69) is 55.0 Å². The fraction of sp³-hybridized carbons (Fsp3) is 0.688. The Bertz CT molecular complexity index is 385. The highest BCUT2D eigenvalue weighted by atomic mass is 15.2. The molecule has 0 aliphatic carbocycles. The number of nitrogens with zero attached hydrogens (tertiary/aromatic N) is 2. The molecule has 1 aliphatic rings. The maximum Gasteiger partial charge on any atom is 0.128 e. The molecule has 1 aromatic rings. The fourth-order valence-corrected chi connectivity index (χ4v) is 2.71. The second-order valence-electron chi connectivity index (χ2n) is 6.44. The first-order valence-electron chi connectivity index (χ1n) is 7.46. The zero-order valence-electron chi connectivity index (χ0n) is 12.7. The van der Waals surface area contributed by atoms with Crippen LogP contribution in [-0.2, 0) is 5.41 Å². The number of piperidine rings is 1. The Labute approximate surface area is 117 Å². The Hall–Kier alpha value is -1.09. The molecule has 0 spiro atoms. The molecule has 1 saturated heterocycles. The zero-order valence-corrected chi connectivity index (χ0v) is 12.7. The van der Waals surface area contributed by atoms with Gasteiger partial charge in [-0.15, -0.1) is 0 Å². The van der Waals surface area contributed by atoms with Gasteiger partial charge in [0.15, 0.2) is 0 Å². The van der Waals surface area contributed by atoms with E-state index in [1.165, 1.54) is 18.4 Å². The third-order valence-electron chi connectivity index (χ3n) is 3.96. The predicted molar refractivity (Wildman–Crippen MR) is 81.8 cm³/mol. The SMILES string of the molecule is CCN(c1ccc(C(C)(C)C)cn1)C1CCCNC1. The number of hydrogen-bond donors (Lipinski definition) is 1. The van der Waals surface area contributed by atoms with Crippen LogP contribution in [0.5, 0.6) is 0 Å². The molecule has 0 bridgehead atoms. The highest BCUT2D eigenvalue weighted by Crippen LogP contribution is 2.24. The molecule has 2 heterocycles. The average Bonchev–Trinajstić information content (AvgIpc) is 2.40. The van der Waals surface area contributed by atoms with Crippen molar-refractivity contribution in [2.45, 2.75) is 52.0 Å². The lowest BCUT2D eigenvalue weighted by molar-refractivity contribution is 0.433. The van der Waals surface area contributed by atoms with Crippen molar-refractivity contribution in [1.29, 1.82) is 0 Å². The largest absolute Gasteiger partial charge is 0.353 e. The Morgan fingerprint density at radius 1 is 1.37 bits per heavy atom. The molecule has 0 radical (unpaired) electrons. The van der Waals surface area contributed by atoms with E-state index >= 15 is 0 Å². The molecule has 1 aliphatic heterocycles. The van der Waals surface area contributed by atoms with Gasteiger partial charge in [-0.1, -0.05) is 26.8 Å². The lowest BCUT2D eigenvalue weighted by Crippen LogP contribution is -2.46. The van der Waals surface area contributed by atoms with E-state index in [0.717, 1.165) is 25.5 Å². The van der Waals surface area contributed by atoms with E-state index in [1.54, 1.807) is 0 Å². The number of nitrogens with one attached hydrogen (secondary N) is 1. The smallest absolute Gasteiger partial charge is 0.128 e.